The smallest absolute Gasteiger partial charge is 0.396 e. The Morgan fingerprint density at radius 2 is 2.14 bits per heavy atom. The van der Waals surface area contributed by atoms with Crippen molar-refractivity contribution in [1.29, 1.82) is 0 Å². The minimum absolute atomic E-state index is 0.218. The van der Waals surface area contributed by atoms with Gasteiger partial charge < -0.3 is 9.64 Å². The van der Waals surface area contributed by atoms with E-state index in [1.54, 1.807) is 4.90 Å². The Labute approximate surface area is 84.2 Å². The van der Waals surface area contributed by atoms with Gasteiger partial charge in [-0.2, -0.15) is 0 Å². The van der Waals surface area contributed by atoms with Crippen LogP contribution in [0.2, 0.25) is 0 Å². The van der Waals surface area contributed by atoms with Gasteiger partial charge in [0.15, 0.2) is 0 Å². The predicted molar refractivity (Wildman–Crippen MR) is 51.7 cm³/mol. The molecule has 1 heterocycles. The standard InChI is InChI=1S/C10H17NO3/c1-3-8-6-4-5-7-11(8)9(12)10(13)14-2/h8H,3-7H2,1-2H3. The lowest BCUT2D eigenvalue weighted by atomic mass is 10.00. The number of piperidine rings is 1. The summed E-state index contributed by atoms with van der Waals surface area (Å²) in [5, 5.41) is 0. The van der Waals surface area contributed by atoms with Crippen molar-refractivity contribution in [2.45, 2.75) is 38.6 Å². The first-order valence-corrected chi connectivity index (χ1v) is 5.09. The fourth-order valence-corrected chi connectivity index (χ4v) is 1.90. The third-order valence-electron chi connectivity index (χ3n) is 2.72. The van der Waals surface area contributed by atoms with E-state index in [-0.39, 0.29) is 6.04 Å². The van der Waals surface area contributed by atoms with Gasteiger partial charge >= 0.3 is 11.9 Å². The molecule has 0 aromatic heterocycles. The second-order valence-electron chi connectivity index (χ2n) is 3.55. The fraction of sp³-hybridized carbons (Fsp3) is 0.800. The highest BCUT2D eigenvalue weighted by molar-refractivity contribution is 6.32. The molecule has 14 heavy (non-hydrogen) atoms. The summed E-state index contributed by atoms with van der Waals surface area (Å²) >= 11 is 0. The van der Waals surface area contributed by atoms with Crippen molar-refractivity contribution in [3.05, 3.63) is 0 Å². The summed E-state index contributed by atoms with van der Waals surface area (Å²) in [6.45, 7) is 2.72. The van der Waals surface area contributed by atoms with Gasteiger partial charge in [0, 0.05) is 12.6 Å². The van der Waals surface area contributed by atoms with Crippen LogP contribution < -0.4 is 0 Å². The number of methoxy groups -OCH3 is 1. The summed E-state index contributed by atoms with van der Waals surface area (Å²) in [7, 11) is 1.24. The summed E-state index contributed by atoms with van der Waals surface area (Å²) < 4.78 is 4.43. The van der Waals surface area contributed by atoms with Gasteiger partial charge in [-0.15, -0.1) is 0 Å². The van der Waals surface area contributed by atoms with Gasteiger partial charge in [0.1, 0.15) is 0 Å². The highest BCUT2D eigenvalue weighted by Crippen LogP contribution is 2.19. The number of likely N-dealkylation sites (tertiary alicyclic amines) is 1. The van der Waals surface area contributed by atoms with Gasteiger partial charge in [0.25, 0.3) is 0 Å². The second-order valence-corrected chi connectivity index (χ2v) is 3.55. The Morgan fingerprint density at radius 1 is 1.43 bits per heavy atom. The second kappa shape index (κ2) is 4.98. The van der Waals surface area contributed by atoms with E-state index in [0.29, 0.717) is 6.54 Å². The zero-order valence-corrected chi connectivity index (χ0v) is 8.78. The molecule has 0 N–H and O–H groups in total. The molecule has 1 fully saturated rings. The third-order valence-corrected chi connectivity index (χ3v) is 2.72. The van der Waals surface area contributed by atoms with Gasteiger partial charge in [0.2, 0.25) is 0 Å². The fourth-order valence-electron chi connectivity index (χ4n) is 1.90. The topological polar surface area (TPSA) is 46.6 Å². The molecule has 1 rings (SSSR count). The molecule has 4 nitrogen and oxygen atoms in total. The molecule has 1 amide bonds. The molecular formula is C10H17NO3. The molecule has 4 heteroatoms. The van der Waals surface area contributed by atoms with Crippen molar-refractivity contribution in [3.63, 3.8) is 0 Å². The van der Waals surface area contributed by atoms with Crippen LogP contribution in [0.25, 0.3) is 0 Å². The molecule has 80 valence electrons. The van der Waals surface area contributed by atoms with E-state index in [2.05, 4.69) is 4.74 Å². The molecule has 0 saturated carbocycles. The Balaban J connectivity index is 2.63. The van der Waals surface area contributed by atoms with E-state index in [1.165, 1.54) is 7.11 Å². The van der Waals surface area contributed by atoms with Crippen molar-refractivity contribution in [2.24, 2.45) is 0 Å². The Morgan fingerprint density at radius 3 is 2.71 bits per heavy atom. The molecule has 1 atom stereocenters. The molecular weight excluding hydrogens is 182 g/mol. The normalized spacial score (nSPS) is 21.9. The van der Waals surface area contributed by atoms with Crippen LogP contribution in [0.15, 0.2) is 0 Å². The first-order valence-electron chi connectivity index (χ1n) is 5.09. The maximum absolute atomic E-state index is 11.5. The predicted octanol–water partition coefficient (Wildman–Crippen LogP) is 0.950. The number of carbonyl (C=O) groups is 2. The molecule has 0 radical (unpaired) electrons. The van der Waals surface area contributed by atoms with Crippen LogP contribution in [0.1, 0.15) is 32.6 Å². The van der Waals surface area contributed by atoms with Crippen LogP contribution in [-0.2, 0) is 14.3 Å². The van der Waals surface area contributed by atoms with E-state index in [4.69, 9.17) is 0 Å². The lowest BCUT2D eigenvalue weighted by Gasteiger charge is -2.34. The van der Waals surface area contributed by atoms with Crippen LogP contribution in [0, 0.1) is 0 Å². The van der Waals surface area contributed by atoms with Crippen molar-refractivity contribution >= 4 is 11.9 Å². The number of amides is 1. The monoisotopic (exact) mass is 199 g/mol. The quantitative estimate of drug-likeness (QED) is 0.466. The van der Waals surface area contributed by atoms with Gasteiger partial charge in [-0.25, -0.2) is 4.79 Å². The molecule has 1 saturated heterocycles. The molecule has 1 unspecified atom stereocenters. The average Bonchev–Trinajstić information content (AvgIpc) is 2.26. The van der Waals surface area contributed by atoms with E-state index in [0.717, 1.165) is 25.7 Å². The van der Waals surface area contributed by atoms with Gasteiger partial charge in [-0.3, -0.25) is 4.79 Å². The van der Waals surface area contributed by atoms with E-state index < -0.39 is 11.9 Å². The number of carbonyl (C=O) groups excluding carboxylic acids is 2. The largest absolute Gasteiger partial charge is 0.462 e. The Bertz CT molecular complexity index is 227. The molecule has 0 spiro atoms. The lowest BCUT2D eigenvalue weighted by molar-refractivity contribution is -0.160. The molecule has 1 aliphatic rings. The van der Waals surface area contributed by atoms with Crippen LogP contribution in [0.4, 0.5) is 0 Å². The highest BCUT2D eigenvalue weighted by Gasteiger charge is 2.29. The van der Waals surface area contributed by atoms with Crippen molar-refractivity contribution < 1.29 is 14.3 Å². The summed E-state index contributed by atoms with van der Waals surface area (Å²) in [6.07, 6.45) is 4.03. The number of esters is 1. The maximum Gasteiger partial charge on any atom is 0.396 e. The zero-order chi connectivity index (χ0) is 10.6. The molecule has 0 bridgehead atoms. The van der Waals surface area contributed by atoms with E-state index in [1.807, 2.05) is 6.92 Å². The summed E-state index contributed by atoms with van der Waals surface area (Å²) in [5.74, 6) is -1.23. The van der Waals surface area contributed by atoms with Crippen molar-refractivity contribution in [3.8, 4) is 0 Å². The van der Waals surface area contributed by atoms with Gasteiger partial charge in [-0.1, -0.05) is 6.92 Å². The van der Waals surface area contributed by atoms with Crippen LogP contribution in [0.5, 0.6) is 0 Å². The Kier molecular flexibility index (Phi) is 3.92. The molecule has 1 aliphatic heterocycles. The molecule has 0 aliphatic carbocycles. The highest BCUT2D eigenvalue weighted by atomic mass is 16.5. The van der Waals surface area contributed by atoms with E-state index in [9.17, 15) is 9.59 Å². The first-order chi connectivity index (χ1) is 6.70. The molecule has 0 aromatic rings. The first kappa shape index (κ1) is 11.0. The summed E-state index contributed by atoms with van der Waals surface area (Å²) in [6, 6.07) is 0.218. The van der Waals surface area contributed by atoms with Crippen molar-refractivity contribution in [2.75, 3.05) is 13.7 Å². The zero-order valence-electron chi connectivity index (χ0n) is 8.78. The number of hydrogen-bond acceptors (Lipinski definition) is 3. The SMILES string of the molecule is CCC1CCCCN1C(=O)C(=O)OC. The number of hydrogen-bond donors (Lipinski definition) is 0. The lowest BCUT2D eigenvalue weighted by Crippen LogP contribution is -2.46. The van der Waals surface area contributed by atoms with Crippen LogP contribution in [-0.4, -0.2) is 36.5 Å². The van der Waals surface area contributed by atoms with Gasteiger partial charge in [0.05, 0.1) is 7.11 Å². The summed E-state index contributed by atoms with van der Waals surface area (Å²) in [4.78, 5) is 24.3. The minimum atomic E-state index is -0.745. The number of rotatable bonds is 1. The van der Waals surface area contributed by atoms with E-state index >= 15 is 0 Å². The van der Waals surface area contributed by atoms with Crippen LogP contribution >= 0.6 is 0 Å². The number of ether oxygens (including phenoxy) is 1. The number of nitrogens with zero attached hydrogens (tertiary/aromatic N) is 1. The maximum atomic E-state index is 11.5. The molecule has 0 aromatic carbocycles. The van der Waals surface area contributed by atoms with Gasteiger partial charge in [-0.05, 0) is 25.7 Å². The average molecular weight is 199 g/mol. The Hall–Kier alpha value is -1.06. The van der Waals surface area contributed by atoms with Crippen molar-refractivity contribution in [1.82, 2.24) is 4.90 Å². The minimum Gasteiger partial charge on any atom is -0.462 e. The summed E-state index contributed by atoms with van der Waals surface area (Å²) in [5.41, 5.74) is 0. The third kappa shape index (κ3) is 2.25. The van der Waals surface area contributed by atoms with Crippen LogP contribution in [0.3, 0.4) is 0 Å².